The van der Waals surface area contributed by atoms with E-state index in [0.29, 0.717) is 23.1 Å². The Hall–Kier alpha value is -1.52. The molecule has 1 unspecified atom stereocenters. The fourth-order valence-corrected chi connectivity index (χ4v) is 1.18. The molecule has 2 amide bonds. The largest absolute Gasteiger partial charge is 0.359 e. The molecule has 5 heteroatoms. The minimum absolute atomic E-state index is 0.125. The van der Waals surface area contributed by atoms with E-state index < -0.39 is 0 Å². The van der Waals surface area contributed by atoms with Crippen LogP contribution in [0.2, 0.25) is 0 Å². The van der Waals surface area contributed by atoms with Gasteiger partial charge in [-0.15, -0.1) is 0 Å². The Morgan fingerprint density at radius 1 is 1.31 bits per heavy atom. The number of carbonyl (C=O) groups excluding carboxylic acids is 1. The van der Waals surface area contributed by atoms with Crippen LogP contribution in [0.3, 0.4) is 0 Å². The SMILES string of the molecule is Cc1noc(C)c1NC(=O)NC(C)C(C)C. The maximum absolute atomic E-state index is 11.6. The summed E-state index contributed by atoms with van der Waals surface area (Å²) in [5.41, 5.74) is 1.33. The van der Waals surface area contributed by atoms with E-state index in [-0.39, 0.29) is 12.1 Å². The Balaban J connectivity index is 2.59. The Morgan fingerprint density at radius 2 is 1.94 bits per heavy atom. The quantitative estimate of drug-likeness (QED) is 0.830. The van der Waals surface area contributed by atoms with Gasteiger partial charge < -0.3 is 15.2 Å². The number of nitrogens with zero attached hydrogens (tertiary/aromatic N) is 1. The Kier molecular flexibility index (Phi) is 3.93. The molecule has 1 rings (SSSR count). The molecule has 0 aliphatic carbocycles. The first kappa shape index (κ1) is 12.5. The van der Waals surface area contributed by atoms with Crippen molar-refractivity contribution in [3.63, 3.8) is 0 Å². The molecule has 0 radical (unpaired) electrons. The summed E-state index contributed by atoms with van der Waals surface area (Å²) < 4.78 is 4.96. The van der Waals surface area contributed by atoms with Gasteiger partial charge in [-0.05, 0) is 26.7 Å². The van der Waals surface area contributed by atoms with E-state index in [1.54, 1.807) is 13.8 Å². The summed E-state index contributed by atoms with van der Waals surface area (Å²) in [5.74, 6) is 1.01. The third-order valence-corrected chi connectivity index (χ3v) is 2.63. The van der Waals surface area contributed by atoms with Crippen LogP contribution in [-0.4, -0.2) is 17.2 Å². The number of aromatic nitrogens is 1. The number of aryl methyl sites for hydroxylation is 2. The number of carbonyl (C=O) groups is 1. The Bertz CT molecular complexity index is 352. The molecule has 1 heterocycles. The maximum Gasteiger partial charge on any atom is 0.319 e. The normalized spacial score (nSPS) is 12.6. The van der Waals surface area contributed by atoms with Crippen molar-refractivity contribution >= 4 is 11.7 Å². The zero-order valence-corrected chi connectivity index (χ0v) is 10.4. The Labute approximate surface area is 95.6 Å². The molecular formula is C11H19N3O2. The highest BCUT2D eigenvalue weighted by Crippen LogP contribution is 2.18. The van der Waals surface area contributed by atoms with Crippen molar-refractivity contribution < 1.29 is 9.32 Å². The average molecular weight is 225 g/mol. The number of anilines is 1. The van der Waals surface area contributed by atoms with E-state index in [1.165, 1.54) is 0 Å². The first-order valence-corrected chi connectivity index (χ1v) is 5.42. The van der Waals surface area contributed by atoms with Crippen LogP contribution in [0.5, 0.6) is 0 Å². The van der Waals surface area contributed by atoms with E-state index in [9.17, 15) is 4.79 Å². The fraction of sp³-hybridized carbons (Fsp3) is 0.636. The lowest BCUT2D eigenvalue weighted by Crippen LogP contribution is -2.39. The summed E-state index contributed by atoms with van der Waals surface area (Å²) in [5, 5.41) is 9.36. The van der Waals surface area contributed by atoms with Crippen LogP contribution in [0.25, 0.3) is 0 Å². The zero-order valence-electron chi connectivity index (χ0n) is 10.4. The standard InChI is InChI=1S/C11H19N3O2/c1-6(2)7(3)12-11(15)13-10-8(4)14-16-9(10)5/h6-7H,1-5H3,(H2,12,13,15). The van der Waals surface area contributed by atoms with Crippen molar-refractivity contribution in [2.75, 3.05) is 5.32 Å². The summed E-state index contributed by atoms with van der Waals surface area (Å²) in [7, 11) is 0. The molecule has 1 aromatic rings. The van der Waals surface area contributed by atoms with E-state index in [4.69, 9.17) is 4.52 Å². The molecule has 0 aliphatic rings. The van der Waals surface area contributed by atoms with Crippen LogP contribution in [0, 0.1) is 19.8 Å². The molecule has 1 aromatic heterocycles. The highest BCUT2D eigenvalue weighted by Gasteiger charge is 2.14. The molecule has 0 saturated carbocycles. The van der Waals surface area contributed by atoms with Gasteiger partial charge in [-0.25, -0.2) is 4.79 Å². The Morgan fingerprint density at radius 3 is 2.38 bits per heavy atom. The second-order valence-electron chi connectivity index (χ2n) is 4.33. The fourth-order valence-electron chi connectivity index (χ4n) is 1.18. The molecule has 90 valence electrons. The van der Waals surface area contributed by atoms with Crippen LogP contribution in [-0.2, 0) is 0 Å². The molecule has 0 fully saturated rings. The topological polar surface area (TPSA) is 67.2 Å². The zero-order chi connectivity index (χ0) is 12.3. The number of urea groups is 1. The van der Waals surface area contributed by atoms with Crippen LogP contribution in [0.15, 0.2) is 4.52 Å². The highest BCUT2D eigenvalue weighted by molar-refractivity contribution is 5.90. The van der Waals surface area contributed by atoms with Gasteiger partial charge in [-0.2, -0.15) is 0 Å². The van der Waals surface area contributed by atoms with Crippen molar-refractivity contribution in [1.82, 2.24) is 10.5 Å². The van der Waals surface area contributed by atoms with E-state index in [2.05, 4.69) is 29.6 Å². The first-order valence-electron chi connectivity index (χ1n) is 5.42. The van der Waals surface area contributed by atoms with Crippen molar-refractivity contribution in [2.45, 2.75) is 40.7 Å². The van der Waals surface area contributed by atoms with Crippen molar-refractivity contribution in [1.29, 1.82) is 0 Å². The van der Waals surface area contributed by atoms with E-state index in [1.807, 2.05) is 6.92 Å². The van der Waals surface area contributed by atoms with Crippen molar-refractivity contribution in [3.8, 4) is 0 Å². The number of rotatable bonds is 3. The van der Waals surface area contributed by atoms with E-state index >= 15 is 0 Å². The molecule has 0 aliphatic heterocycles. The number of hydrogen-bond acceptors (Lipinski definition) is 3. The van der Waals surface area contributed by atoms with Gasteiger partial charge in [0.25, 0.3) is 0 Å². The number of hydrogen-bond donors (Lipinski definition) is 2. The van der Waals surface area contributed by atoms with Gasteiger partial charge in [0, 0.05) is 6.04 Å². The van der Waals surface area contributed by atoms with Crippen LogP contribution < -0.4 is 10.6 Å². The third kappa shape index (κ3) is 2.98. The van der Waals surface area contributed by atoms with Crippen LogP contribution >= 0.6 is 0 Å². The lowest BCUT2D eigenvalue weighted by atomic mass is 10.1. The molecule has 5 nitrogen and oxygen atoms in total. The second-order valence-corrected chi connectivity index (χ2v) is 4.33. The van der Waals surface area contributed by atoms with Gasteiger partial charge in [0.2, 0.25) is 0 Å². The van der Waals surface area contributed by atoms with Gasteiger partial charge in [0.1, 0.15) is 11.4 Å². The van der Waals surface area contributed by atoms with Crippen molar-refractivity contribution in [3.05, 3.63) is 11.5 Å². The molecule has 0 saturated heterocycles. The summed E-state index contributed by atoms with van der Waals surface area (Å²) in [6, 6.07) is -0.101. The van der Waals surface area contributed by atoms with E-state index in [0.717, 1.165) is 0 Å². The summed E-state index contributed by atoms with van der Waals surface area (Å²) in [6.07, 6.45) is 0. The van der Waals surface area contributed by atoms with Gasteiger partial charge in [0.15, 0.2) is 5.76 Å². The third-order valence-electron chi connectivity index (χ3n) is 2.63. The highest BCUT2D eigenvalue weighted by atomic mass is 16.5. The molecule has 0 bridgehead atoms. The lowest BCUT2D eigenvalue weighted by Gasteiger charge is -2.17. The maximum atomic E-state index is 11.6. The minimum atomic E-state index is -0.226. The number of amides is 2. The number of nitrogens with one attached hydrogen (secondary N) is 2. The average Bonchev–Trinajstić information content (AvgIpc) is 2.49. The smallest absolute Gasteiger partial charge is 0.319 e. The first-order chi connectivity index (χ1) is 7.41. The van der Waals surface area contributed by atoms with Crippen molar-refractivity contribution in [2.24, 2.45) is 5.92 Å². The molecule has 0 spiro atoms. The molecule has 16 heavy (non-hydrogen) atoms. The summed E-state index contributed by atoms with van der Waals surface area (Å²) >= 11 is 0. The summed E-state index contributed by atoms with van der Waals surface area (Å²) in [6.45, 7) is 9.64. The molecule has 2 N–H and O–H groups in total. The van der Waals surface area contributed by atoms with Gasteiger partial charge >= 0.3 is 6.03 Å². The van der Waals surface area contributed by atoms with Gasteiger partial charge in [-0.3, -0.25) is 0 Å². The van der Waals surface area contributed by atoms with Crippen LogP contribution in [0.4, 0.5) is 10.5 Å². The predicted octanol–water partition coefficient (Wildman–Crippen LogP) is 2.46. The predicted molar refractivity (Wildman–Crippen MR) is 62.4 cm³/mol. The van der Waals surface area contributed by atoms with Crippen LogP contribution in [0.1, 0.15) is 32.2 Å². The van der Waals surface area contributed by atoms with Gasteiger partial charge in [-0.1, -0.05) is 19.0 Å². The molecule has 1 atom stereocenters. The monoisotopic (exact) mass is 225 g/mol. The summed E-state index contributed by atoms with van der Waals surface area (Å²) in [4.78, 5) is 11.6. The minimum Gasteiger partial charge on any atom is -0.359 e. The lowest BCUT2D eigenvalue weighted by molar-refractivity contribution is 0.246. The molecule has 0 aromatic carbocycles. The second kappa shape index (κ2) is 5.01. The molecular weight excluding hydrogens is 206 g/mol. The van der Waals surface area contributed by atoms with Gasteiger partial charge in [0.05, 0.1) is 0 Å².